The van der Waals surface area contributed by atoms with Crippen molar-refractivity contribution in [1.82, 2.24) is 15.1 Å². The number of carbonyl (C=O) groups excluding carboxylic acids is 2. The summed E-state index contributed by atoms with van der Waals surface area (Å²) in [7, 11) is 0. The number of benzene rings is 1. The number of nitrogens with zero attached hydrogens (tertiary/aromatic N) is 2. The van der Waals surface area contributed by atoms with Crippen molar-refractivity contribution < 1.29 is 14.0 Å². The molecule has 2 heterocycles. The molecule has 164 valence electrons. The van der Waals surface area contributed by atoms with E-state index < -0.39 is 5.66 Å². The first-order valence-corrected chi connectivity index (χ1v) is 11.5. The highest BCUT2D eigenvalue weighted by molar-refractivity contribution is 5.85. The predicted molar refractivity (Wildman–Crippen MR) is 114 cm³/mol. The van der Waals surface area contributed by atoms with Gasteiger partial charge >= 0.3 is 0 Å². The highest BCUT2D eigenvalue weighted by atomic mass is 19.1. The molecule has 1 N–H and O–H groups in total. The van der Waals surface area contributed by atoms with Gasteiger partial charge in [-0.2, -0.15) is 0 Å². The standard InChI is InChI=1S/C24H34FN3O2/c1-17(2)15-21-23(30)28(16-18-7-9-20(25)10-8-18)24(26-21)11-13-27(14-12-24)22(29)19-5-3-4-6-19/h7-10,17,19,21,26H,3-6,11-16H2,1-2H3. The smallest absolute Gasteiger partial charge is 0.241 e. The van der Waals surface area contributed by atoms with E-state index in [1.165, 1.54) is 12.1 Å². The molecule has 2 amide bonds. The number of rotatable bonds is 5. The van der Waals surface area contributed by atoms with Crippen LogP contribution in [-0.2, 0) is 16.1 Å². The summed E-state index contributed by atoms with van der Waals surface area (Å²) in [5.74, 6) is 0.773. The molecular weight excluding hydrogens is 381 g/mol. The van der Waals surface area contributed by atoms with E-state index in [1.807, 2.05) is 9.80 Å². The summed E-state index contributed by atoms with van der Waals surface area (Å²) in [6.45, 7) is 6.10. The number of carbonyl (C=O) groups is 2. The number of halogens is 1. The lowest BCUT2D eigenvalue weighted by Gasteiger charge is -2.45. The van der Waals surface area contributed by atoms with Gasteiger partial charge in [0.1, 0.15) is 5.82 Å². The monoisotopic (exact) mass is 415 g/mol. The number of amides is 2. The first-order chi connectivity index (χ1) is 14.4. The third-order valence-electron chi connectivity index (χ3n) is 7.09. The van der Waals surface area contributed by atoms with Crippen LogP contribution in [-0.4, -0.2) is 46.4 Å². The minimum Gasteiger partial charge on any atom is -0.342 e. The second-order valence-electron chi connectivity index (χ2n) is 9.72. The predicted octanol–water partition coefficient (Wildman–Crippen LogP) is 3.68. The first-order valence-electron chi connectivity index (χ1n) is 11.5. The Hall–Kier alpha value is -1.95. The Morgan fingerprint density at radius 2 is 1.80 bits per heavy atom. The molecule has 1 aromatic rings. The normalized spacial score (nSPS) is 24.4. The zero-order valence-corrected chi connectivity index (χ0v) is 18.2. The van der Waals surface area contributed by atoms with Gasteiger partial charge < -0.3 is 9.80 Å². The van der Waals surface area contributed by atoms with E-state index in [9.17, 15) is 14.0 Å². The Labute approximate surface area is 179 Å². The Morgan fingerprint density at radius 3 is 2.40 bits per heavy atom. The molecule has 3 aliphatic rings. The van der Waals surface area contributed by atoms with Crippen molar-refractivity contribution in [3.05, 3.63) is 35.6 Å². The highest BCUT2D eigenvalue weighted by Crippen LogP contribution is 2.36. The Balaban J connectivity index is 1.50. The van der Waals surface area contributed by atoms with Crippen molar-refractivity contribution in [1.29, 1.82) is 0 Å². The molecule has 1 atom stereocenters. The zero-order valence-electron chi connectivity index (χ0n) is 18.2. The minimum absolute atomic E-state index is 0.128. The Bertz CT molecular complexity index is 765. The van der Waals surface area contributed by atoms with Gasteiger partial charge in [-0.15, -0.1) is 0 Å². The van der Waals surface area contributed by atoms with Gasteiger partial charge in [-0.25, -0.2) is 4.39 Å². The first kappa shape index (κ1) is 21.3. The molecule has 1 spiro atoms. The van der Waals surface area contributed by atoms with Crippen molar-refractivity contribution in [2.45, 2.75) is 77.0 Å². The summed E-state index contributed by atoms with van der Waals surface area (Å²) >= 11 is 0. The van der Waals surface area contributed by atoms with Crippen LogP contribution < -0.4 is 5.32 Å². The molecule has 1 aliphatic carbocycles. The molecule has 1 aromatic carbocycles. The number of hydrogen-bond acceptors (Lipinski definition) is 3. The van der Waals surface area contributed by atoms with E-state index in [-0.39, 0.29) is 23.7 Å². The van der Waals surface area contributed by atoms with E-state index in [0.29, 0.717) is 31.5 Å². The van der Waals surface area contributed by atoms with Crippen LogP contribution in [0.2, 0.25) is 0 Å². The van der Waals surface area contributed by atoms with Crippen LogP contribution >= 0.6 is 0 Å². The molecule has 6 heteroatoms. The molecule has 2 saturated heterocycles. The molecule has 5 nitrogen and oxygen atoms in total. The van der Waals surface area contributed by atoms with Gasteiger partial charge in [0.05, 0.1) is 11.7 Å². The molecule has 4 rings (SSSR count). The van der Waals surface area contributed by atoms with E-state index in [2.05, 4.69) is 19.2 Å². The summed E-state index contributed by atoms with van der Waals surface area (Å²) in [4.78, 5) is 30.2. The lowest BCUT2D eigenvalue weighted by atomic mass is 9.93. The van der Waals surface area contributed by atoms with Gasteiger partial charge in [0, 0.05) is 38.4 Å². The second-order valence-corrected chi connectivity index (χ2v) is 9.72. The molecule has 0 radical (unpaired) electrons. The SMILES string of the molecule is CC(C)CC1NC2(CCN(C(=O)C3CCCC3)CC2)N(Cc2ccc(F)cc2)C1=O. The molecule has 1 unspecified atom stereocenters. The van der Waals surface area contributed by atoms with E-state index in [1.54, 1.807) is 12.1 Å². The van der Waals surface area contributed by atoms with Crippen LogP contribution in [0.4, 0.5) is 4.39 Å². The fraction of sp³-hybridized carbons (Fsp3) is 0.667. The summed E-state index contributed by atoms with van der Waals surface area (Å²) in [5, 5.41) is 3.66. The average molecular weight is 416 g/mol. The van der Waals surface area contributed by atoms with Crippen molar-refractivity contribution in [2.75, 3.05) is 13.1 Å². The molecule has 3 fully saturated rings. The Morgan fingerprint density at radius 1 is 1.17 bits per heavy atom. The highest BCUT2D eigenvalue weighted by Gasteiger charge is 2.51. The number of piperidine rings is 1. The summed E-state index contributed by atoms with van der Waals surface area (Å²) in [6.07, 6.45) is 6.64. The topological polar surface area (TPSA) is 52.7 Å². The summed E-state index contributed by atoms with van der Waals surface area (Å²) in [6, 6.07) is 6.22. The number of nitrogens with one attached hydrogen (secondary N) is 1. The summed E-state index contributed by atoms with van der Waals surface area (Å²) in [5.41, 5.74) is 0.512. The van der Waals surface area contributed by atoms with Crippen LogP contribution in [0.1, 0.15) is 64.4 Å². The van der Waals surface area contributed by atoms with Gasteiger partial charge in [0.25, 0.3) is 0 Å². The molecule has 2 aliphatic heterocycles. The number of hydrogen-bond donors (Lipinski definition) is 1. The molecule has 1 saturated carbocycles. The molecule has 0 aromatic heterocycles. The van der Waals surface area contributed by atoms with Crippen molar-refractivity contribution >= 4 is 11.8 Å². The van der Waals surface area contributed by atoms with Gasteiger partial charge in [0.15, 0.2) is 0 Å². The van der Waals surface area contributed by atoms with E-state index >= 15 is 0 Å². The largest absolute Gasteiger partial charge is 0.342 e. The fourth-order valence-electron chi connectivity index (χ4n) is 5.44. The zero-order chi connectivity index (χ0) is 21.3. The maximum absolute atomic E-state index is 13.3. The van der Waals surface area contributed by atoms with Crippen LogP contribution in [0.5, 0.6) is 0 Å². The molecule has 0 bridgehead atoms. The summed E-state index contributed by atoms with van der Waals surface area (Å²) < 4.78 is 13.3. The van der Waals surface area contributed by atoms with Crippen molar-refractivity contribution in [3.8, 4) is 0 Å². The van der Waals surface area contributed by atoms with E-state index in [0.717, 1.165) is 50.5 Å². The van der Waals surface area contributed by atoms with Crippen LogP contribution in [0.25, 0.3) is 0 Å². The van der Waals surface area contributed by atoms with Crippen LogP contribution in [0.15, 0.2) is 24.3 Å². The van der Waals surface area contributed by atoms with Crippen molar-refractivity contribution in [3.63, 3.8) is 0 Å². The fourth-order valence-corrected chi connectivity index (χ4v) is 5.44. The van der Waals surface area contributed by atoms with Crippen molar-refractivity contribution in [2.24, 2.45) is 11.8 Å². The van der Waals surface area contributed by atoms with Crippen LogP contribution in [0.3, 0.4) is 0 Å². The third-order valence-corrected chi connectivity index (χ3v) is 7.09. The molecular formula is C24H34FN3O2. The maximum Gasteiger partial charge on any atom is 0.241 e. The van der Waals surface area contributed by atoms with Crippen LogP contribution in [0, 0.1) is 17.7 Å². The maximum atomic E-state index is 13.3. The minimum atomic E-state index is -0.419. The second kappa shape index (κ2) is 8.66. The average Bonchev–Trinajstić information content (AvgIpc) is 3.33. The lowest BCUT2D eigenvalue weighted by Crippen LogP contribution is -2.59. The van der Waals surface area contributed by atoms with Gasteiger partial charge in [-0.3, -0.25) is 14.9 Å². The quantitative estimate of drug-likeness (QED) is 0.798. The van der Waals surface area contributed by atoms with E-state index in [4.69, 9.17) is 0 Å². The lowest BCUT2D eigenvalue weighted by molar-refractivity contribution is -0.140. The third kappa shape index (κ3) is 4.25. The van der Waals surface area contributed by atoms with Gasteiger partial charge in [-0.1, -0.05) is 38.8 Å². The van der Waals surface area contributed by atoms with Gasteiger partial charge in [-0.05, 0) is 42.9 Å². The van der Waals surface area contributed by atoms with Gasteiger partial charge in [0.2, 0.25) is 11.8 Å². The molecule has 30 heavy (non-hydrogen) atoms. The number of likely N-dealkylation sites (tertiary alicyclic amines) is 1. The Kier molecular flexibility index (Phi) is 6.14.